The Hall–Kier alpha value is -0.580. The Bertz CT molecular complexity index is 625. The first-order chi connectivity index (χ1) is 12.4. The molecule has 12 heteroatoms. The molecule has 156 valence electrons. The molecule has 0 heterocycles. The van der Waals surface area contributed by atoms with Crippen molar-refractivity contribution in [3.63, 3.8) is 0 Å². The van der Waals surface area contributed by atoms with Crippen molar-refractivity contribution in [2.24, 2.45) is 0 Å². The van der Waals surface area contributed by atoms with Gasteiger partial charge in [0.25, 0.3) is 0 Å². The molecule has 2 aromatic rings. The van der Waals surface area contributed by atoms with E-state index in [1.54, 1.807) is 0 Å². The van der Waals surface area contributed by atoms with Crippen molar-refractivity contribution in [3.8, 4) is 0 Å². The zero-order chi connectivity index (χ0) is 22.0. The fourth-order valence-electron chi connectivity index (χ4n) is 1.70. The third-order valence-corrected chi connectivity index (χ3v) is 4.43. The van der Waals surface area contributed by atoms with Gasteiger partial charge < -0.3 is 0 Å². The van der Waals surface area contributed by atoms with Gasteiger partial charge in [0.05, 0.1) is 0 Å². The molecule has 0 radical (unpaired) electrons. The number of benzene rings is 2. The number of rotatable bonds is 4. The van der Waals surface area contributed by atoms with Crippen LogP contribution in [0.25, 0.3) is 0 Å². The van der Waals surface area contributed by atoms with Crippen molar-refractivity contribution < 1.29 is 35.1 Å². The van der Waals surface area contributed by atoms with Crippen molar-refractivity contribution in [1.82, 2.24) is 0 Å². The van der Waals surface area contributed by atoms with Crippen molar-refractivity contribution in [2.45, 2.75) is 20.4 Å². The largest absolute Gasteiger partial charge is 0.348 e. The Labute approximate surface area is 181 Å². The van der Waals surface area contributed by atoms with E-state index in [4.69, 9.17) is 0 Å². The Morgan fingerprint density at radius 1 is 0.464 bits per heavy atom. The predicted molar refractivity (Wildman–Crippen MR) is 98.0 cm³/mol. The lowest BCUT2D eigenvalue weighted by molar-refractivity contribution is 0.0906. The van der Waals surface area contributed by atoms with Crippen LogP contribution in [0.2, 0.25) is 0 Å². The maximum Gasteiger partial charge on any atom is 0.348 e. The van der Waals surface area contributed by atoms with Gasteiger partial charge in [-0.15, -0.1) is 0 Å². The van der Waals surface area contributed by atoms with E-state index in [1.165, 1.54) is 0 Å². The molecule has 0 saturated carbocycles. The predicted octanol–water partition coefficient (Wildman–Crippen LogP) is 8.84. The summed E-state index contributed by atoms with van der Waals surface area (Å²) in [7, 11) is 0. The lowest BCUT2D eigenvalue weighted by Gasteiger charge is -2.11. The second kappa shape index (κ2) is 9.06. The third kappa shape index (κ3) is 8.04. The van der Waals surface area contributed by atoms with Gasteiger partial charge >= 0.3 is 20.4 Å². The Morgan fingerprint density at radius 2 is 0.643 bits per heavy atom. The van der Waals surface area contributed by atoms with Gasteiger partial charge in [-0.2, -0.15) is 35.1 Å². The molecule has 0 nitrogen and oxygen atoms in total. The summed E-state index contributed by atoms with van der Waals surface area (Å²) in [6.07, 6.45) is 0. The quantitative estimate of drug-likeness (QED) is 0.250. The Morgan fingerprint density at radius 3 is 0.786 bits per heavy atom. The van der Waals surface area contributed by atoms with Crippen LogP contribution in [0.3, 0.4) is 0 Å². The summed E-state index contributed by atoms with van der Waals surface area (Å²) in [5.74, 6) is 0. The summed E-state index contributed by atoms with van der Waals surface area (Å²) in [5, 5.41) is -7.11. The lowest BCUT2D eigenvalue weighted by Crippen LogP contribution is -2.06. The number of alkyl halides is 12. The van der Waals surface area contributed by atoms with E-state index in [0.717, 1.165) is 48.5 Å². The molecule has 0 N–H and O–H groups in total. The van der Waals surface area contributed by atoms with Gasteiger partial charge in [-0.25, -0.2) is 0 Å². The van der Waals surface area contributed by atoms with Crippen LogP contribution >= 0.6 is 55.1 Å². The molecule has 0 aromatic heterocycles. The highest BCUT2D eigenvalue weighted by molar-refractivity contribution is 9.09. The molecule has 2 aromatic carbocycles. The monoisotopic (exact) mass is 580 g/mol. The average molecular weight is 583 g/mol. The first-order valence-electron chi connectivity index (χ1n) is 6.91. The SMILES string of the molecule is FC(F)(Br)c1ccc(C(F)(F)Br)cc1.FC(F)(Cl)c1ccc(C(F)(F)Cl)cc1. The molecule has 0 bridgehead atoms. The van der Waals surface area contributed by atoms with Gasteiger partial charge in [-0.1, -0.05) is 48.5 Å². The minimum atomic E-state index is -3.56. The van der Waals surface area contributed by atoms with Gasteiger partial charge in [0, 0.05) is 22.3 Å². The van der Waals surface area contributed by atoms with Crippen LogP contribution in [0.5, 0.6) is 0 Å². The van der Waals surface area contributed by atoms with E-state index in [0.29, 0.717) is 0 Å². The summed E-state index contributed by atoms with van der Waals surface area (Å²) in [6, 6.07) is 6.99. The zero-order valence-electron chi connectivity index (χ0n) is 13.2. The highest BCUT2D eigenvalue weighted by Gasteiger charge is 2.32. The van der Waals surface area contributed by atoms with Gasteiger partial charge in [-0.05, 0) is 55.1 Å². The molecular formula is C16H8Br2Cl2F8. The van der Waals surface area contributed by atoms with Crippen LogP contribution in [0.1, 0.15) is 22.3 Å². The van der Waals surface area contributed by atoms with Crippen molar-refractivity contribution in [2.75, 3.05) is 0 Å². The van der Waals surface area contributed by atoms with Gasteiger partial charge in [-0.3, -0.25) is 0 Å². The standard InChI is InChI=1S/C8H4Br2F4.C8H4Cl2F4/c2*9-7(11,12)5-1-2-6(4-3-5)8(10,13)14/h2*1-4H. The smallest absolute Gasteiger partial charge is 0.188 e. The first kappa shape index (κ1) is 25.5. The molecule has 0 fully saturated rings. The molecule has 2 rings (SSSR count). The minimum Gasteiger partial charge on any atom is -0.188 e. The molecule has 0 atom stereocenters. The molecular weight excluding hydrogens is 575 g/mol. The average Bonchev–Trinajstić information content (AvgIpc) is 2.52. The number of hydrogen-bond acceptors (Lipinski definition) is 0. The van der Waals surface area contributed by atoms with Crippen LogP contribution in [-0.2, 0) is 20.4 Å². The molecule has 0 amide bonds. The van der Waals surface area contributed by atoms with Crippen LogP contribution in [0.4, 0.5) is 35.1 Å². The fraction of sp³-hybridized carbons (Fsp3) is 0.250. The Kier molecular flexibility index (Phi) is 8.23. The highest BCUT2D eigenvalue weighted by atomic mass is 79.9. The number of halogens is 12. The van der Waals surface area contributed by atoms with Crippen LogP contribution in [-0.4, -0.2) is 0 Å². The second-order valence-corrected chi connectivity index (χ2v) is 8.09. The van der Waals surface area contributed by atoms with Crippen molar-refractivity contribution in [1.29, 1.82) is 0 Å². The van der Waals surface area contributed by atoms with Crippen LogP contribution in [0, 0.1) is 0 Å². The van der Waals surface area contributed by atoms with Crippen molar-refractivity contribution >= 4 is 55.1 Å². The molecule has 0 unspecified atom stereocenters. The van der Waals surface area contributed by atoms with E-state index >= 15 is 0 Å². The Balaban J connectivity index is 0.000000280. The van der Waals surface area contributed by atoms with E-state index in [9.17, 15) is 35.1 Å². The highest BCUT2D eigenvalue weighted by Crippen LogP contribution is 2.38. The van der Waals surface area contributed by atoms with E-state index in [1.807, 2.05) is 0 Å². The van der Waals surface area contributed by atoms with Gasteiger partial charge in [0.2, 0.25) is 0 Å². The van der Waals surface area contributed by atoms with Crippen LogP contribution < -0.4 is 0 Å². The van der Waals surface area contributed by atoms with E-state index in [-0.39, 0.29) is 11.1 Å². The molecule has 0 aliphatic rings. The van der Waals surface area contributed by atoms with Crippen LogP contribution in [0.15, 0.2) is 48.5 Å². The second-order valence-electron chi connectivity index (χ2n) is 5.15. The van der Waals surface area contributed by atoms with Crippen molar-refractivity contribution in [3.05, 3.63) is 70.8 Å². The minimum absolute atomic E-state index is 0.363. The van der Waals surface area contributed by atoms with E-state index in [2.05, 4.69) is 55.1 Å². The molecule has 28 heavy (non-hydrogen) atoms. The van der Waals surface area contributed by atoms with E-state index < -0.39 is 31.6 Å². The topological polar surface area (TPSA) is 0 Å². The molecule has 0 spiro atoms. The normalized spacial score (nSPS) is 13.0. The number of hydrogen-bond donors (Lipinski definition) is 0. The molecule has 0 aliphatic carbocycles. The summed E-state index contributed by atoms with van der Waals surface area (Å²) in [6.45, 7) is 0. The third-order valence-electron chi connectivity index (χ3n) is 3.08. The lowest BCUT2D eigenvalue weighted by atomic mass is 10.1. The fourth-order valence-corrected chi connectivity index (χ4v) is 2.48. The zero-order valence-corrected chi connectivity index (χ0v) is 17.8. The maximum atomic E-state index is 12.6. The van der Waals surface area contributed by atoms with Gasteiger partial charge in [0.15, 0.2) is 0 Å². The first-order valence-corrected chi connectivity index (χ1v) is 9.25. The summed E-state index contributed by atoms with van der Waals surface area (Å²) >= 11 is 13.6. The summed E-state index contributed by atoms with van der Waals surface area (Å²) in [5.41, 5.74) is -1.83. The summed E-state index contributed by atoms with van der Waals surface area (Å²) in [4.78, 5) is -6.37. The molecule has 0 aliphatic heterocycles. The maximum absolute atomic E-state index is 12.6. The molecule has 0 saturated heterocycles. The summed E-state index contributed by atoms with van der Waals surface area (Å²) < 4.78 is 100. The van der Waals surface area contributed by atoms with Gasteiger partial charge in [0.1, 0.15) is 0 Å².